The number of fused-ring (bicyclic) bond motifs is 1. The summed E-state index contributed by atoms with van der Waals surface area (Å²) in [7, 11) is 0. The molecule has 0 N–H and O–H groups in total. The second kappa shape index (κ2) is 6.32. The average Bonchev–Trinajstić information content (AvgIpc) is 3.16. The number of likely N-dealkylation sites (tertiary alicyclic amines) is 1. The van der Waals surface area contributed by atoms with Gasteiger partial charge in [-0.15, -0.1) is 0 Å². The summed E-state index contributed by atoms with van der Waals surface area (Å²) in [6.45, 7) is 1.90. The predicted molar refractivity (Wildman–Crippen MR) is 91.4 cm³/mol. The molecule has 0 aliphatic carbocycles. The lowest BCUT2D eigenvalue weighted by Crippen LogP contribution is -2.48. The quantitative estimate of drug-likeness (QED) is 0.840. The summed E-state index contributed by atoms with van der Waals surface area (Å²) < 4.78 is 1.85. The van der Waals surface area contributed by atoms with Crippen molar-refractivity contribution < 1.29 is 4.79 Å². The molecule has 6 nitrogen and oxygen atoms in total. The molecule has 1 atom stereocenters. The largest absolute Gasteiger partial charge is 0.342 e. The fourth-order valence-electron chi connectivity index (χ4n) is 4.03. The third-order valence-corrected chi connectivity index (χ3v) is 5.62. The number of hydrogen-bond donors (Lipinski definition) is 0. The van der Waals surface area contributed by atoms with Crippen LogP contribution in [0.1, 0.15) is 30.7 Å². The highest BCUT2D eigenvalue weighted by Crippen LogP contribution is 2.35. The van der Waals surface area contributed by atoms with Crippen LogP contribution in [-0.4, -0.2) is 38.7 Å². The fourth-order valence-corrected chi connectivity index (χ4v) is 4.03. The lowest BCUT2D eigenvalue weighted by Gasteiger charge is -2.39. The van der Waals surface area contributed by atoms with E-state index in [1.807, 2.05) is 39.9 Å². The number of amides is 1. The Morgan fingerprint density at radius 3 is 2.72 bits per heavy atom. The van der Waals surface area contributed by atoms with Crippen molar-refractivity contribution in [1.82, 2.24) is 19.7 Å². The SMILES string of the molecule is N#CC1(c2ccccc2)CCN(C(=O)C2CCc3ncnn3C2)CC1. The van der Waals surface area contributed by atoms with Gasteiger partial charge in [-0.05, 0) is 24.8 Å². The Morgan fingerprint density at radius 2 is 2.00 bits per heavy atom. The van der Waals surface area contributed by atoms with E-state index in [1.54, 1.807) is 6.33 Å². The van der Waals surface area contributed by atoms with Gasteiger partial charge in [-0.1, -0.05) is 30.3 Å². The number of hydrogen-bond acceptors (Lipinski definition) is 4. The number of nitriles is 1. The summed E-state index contributed by atoms with van der Waals surface area (Å²) in [5.41, 5.74) is 0.596. The van der Waals surface area contributed by atoms with Crippen molar-refractivity contribution in [2.75, 3.05) is 13.1 Å². The molecule has 0 radical (unpaired) electrons. The Hall–Kier alpha value is -2.68. The van der Waals surface area contributed by atoms with E-state index in [0.717, 1.165) is 24.2 Å². The minimum Gasteiger partial charge on any atom is -0.342 e. The van der Waals surface area contributed by atoms with E-state index in [-0.39, 0.29) is 11.8 Å². The first-order valence-corrected chi connectivity index (χ1v) is 8.84. The molecule has 0 bridgehead atoms. The summed E-state index contributed by atoms with van der Waals surface area (Å²) in [5.74, 6) is 1.14. The number of nitrogens with zero attached hydrogens (tertiary/aromatic N) is 5. The number of carbonyl (C=O) groups is 1. The van der Waals surface area contributed by atoms with Crippen molar-refractivity contribution in [3.8, 4) is 6.07 Å². The van der Waals surface area contributed by atoms with Crippen LogP contribution in [0.5, 0.6) is 0 Å². The van der Waals surface area contributed by atoms with Crippen LogP contribution in [0.3, 0.4) is 0 Å². The van der Waals surface area contributed by atoms with Gasteiger partial charge in [-0.25, -0.2) is 9.67 Å². The van der Waals surface area contributed by atoms with E-state index in [0.29, 0.717) is 32.5 Å². The van der Waals surface area contributed by atoms with Crippen LogP contribution >= 0.6 is 0 Å². The minimum absolute atomic E-state index is 0.0273. The monoisotopic (exact) mass is 335 g/mol. The third kappa shape index (κ3) is 2.80. The molecular weight excluding hydrogens is 314 g/mol. The first kappa shape index (κ1) is 15.8. The van der Waals surface area contributed by atoms with Crippen molar-refractivity contribution in [3.05, 3.63) is 48.0 Å². The zero-order valence-electron chi connectivity index (χ0n) is 14.1. The lowest BCUT2D eigenvalue weighted by molar-refractivity contribution is -0.138. The van der Waals surface area contributed by atoms with Crippen molar-refractivity contribution in [2.45, 2.75) is 37.6 Å². The van der Waals surface area contributed by atoms with Gasteiger partial charge < -0.3 is 4.90 Å². The molecule has 3 heterocycles. The highest BCUT2D eigenvalue weighted by atomic mass is 16.2. The average molecular weight is 335 g/mol. The van der Waals surface area contributed by atoms with E-state index in [4.69, 9.17) is 0 Å². The number of piperidine rings is 1. The molecular formula is C19H21N5O. The Labute approximate surface area is 147 Å². The topological polar surface area (TPSA) is 74.8 Å². The van der Waals surface area contributed by atoms with Gasteiger partial charge in [-0.3, -0.25) is 4.79 Å². The van der Waals surface area contributed by atoms with Gasteiger partial charge in [0.15, 0.2) is 0 Å². The molecule has 6 heteroatoms. The predicted octanol–water partition coefficient (Wildman–Crippen LogP) is 1.92. The van der Waals surface area contributed by atoms with Crippen molar-refractivity contribution >= 4 is 5.91 Å². The van der Waals surface area contributed by atoms with Gasteiger partial charge in [0.25, 0.3) is 0 Å². The number of carbonyl (C=O) groups excluding carboxylic acids is 1. The molecule has 1 amide bonds. The molecule has 1 unspecified atom stereocenters. The van der Waals surface area contributed by atoms with Crippen LogP contribution in [0.2, 0.25) is 0 Å². The summed E-state index contributed by atoms with van der Waals surface area (Å²) in [5, 5.41) is 14.0. The molecule has 4 rings (SSSR count). The molecule has 2 aromatic rings. The van der Waals surface area contributed by atoms with Crippen molar-refractivity contribution in [1.29, 1.82) is 5.26 Å². The summed E-state index contributed by atoms with van der Waals surface area (Å²) in [6.07, 6.45) is 4.58. The highest BCUT2D eigenvalue weighted by molar-refractivity contribution is 5.79. The van der Waals surface area contributed by atoms with E-state index >= 15 is 0 Å². The molecule has 0 saturated carbocycles. The fraction of sp³-hybridized carbons (Fsp3) is 0.474. The van der Waals surface area contributed by atoms with Crippen LogP contribution in [0.25, 0.3) is 0 Å². The standard InChI is InChI=1S/C19H21N5O/c20-13-19(16-4-2-1-3-5-16)8-10-23(11-9-19)18(25)15-6-7-17-21-14-22-24(17)12-15/h1-5,14-15H,6-12H2. The molecule has 1 aromatic heterocycles. The van der Waals surface area contributed by atoms with Crippen LogP contribution in [-0.2, 0) is 23.2 Å². The first-order chi connectivity index (χ1) is 12.2. The molecule has 1 fully saturated rings. The van der Waals surface area contributed by atoms with Crippen LogP contribution in [0.4, 0.5) is 0 Å². The van der Waals surface area contributed by atoms with Crippen molar-refractivity contribution in [2.24, 2.45) is 5.92 Å². The Balaban J connectivity index is 1.44. The molecule has 1 saturated heterocycles. The summed E-state index contributed by atoms with van der Waals surface area (Å²) in [4.78, 5) is 19.1. The molecule has 2 aliphatic rings. The van der Waals surface area contributed by atoms with Crippen LogP contribution in [0.15, 0.2) is 36.7 Å². The van der Waals surface area contributed by atoms with Gasteiger partial charge in [0.2, 0.25) is 5.91 Å². The number of aromatic nitrogens is 3. The van der Waals surface area contributed by atoms with E-state index in [2.05, 4.69) is 16.2 Å². The molecule has 128 valence electrons. The van der Waals surface area contributed by atoms with E-state index < -0.39 is 5.41 Å². The van der Waals surface area contributed by atoms with E-state index in [9.17, 15) is 10.1 Å². The Bertz CT molecular complexity index is 799. The maximum Gasteiger partial charge on any atom is 0.227 e. The molecule has 2 aliphatic heterocycles. The smallest absolute Gasteiger partial charge is 0.227 e. The number of benzene rings is 1. The van der Waals surface area contributed by atoms with Crippen LogP contribution in [0, 0.1) is 17.2 Å². The number of aryl methyl sites for hydroxylation is 1. The van der Waals surface area contributed by atoms with E-state index in [1.165, 1.54) is 0 Å². The molecule has 0 spiro atoms. The van der Waals surface area contributed by atoms with Gasteiger partial charge in [0.1, 0.15) is 12.2 Å². The zero-order valence-corrected chi connectivity index (χ0v) is 14.1. The van der Waals surface area contributed by atoms with Gasteiger partial charge in [0.05, 0.1) is 23.9 Å². The van der Waals surface area contributed by atoms with Gasteiger partial charge in [0, 0.05) is 19.5 Å². The molecule has 25 heavy (non-hydrogen) atoms. The lowest BCUT2D eigenvalue weighted by atomic mass is 9.74. The van der Waals surface area contributed by atoms with Crippen molar-refractivity contribution in [3.63, 3.8) is 0 Å². The normalized spacial score (nSPS) is 22.0. The second-order valence-electron chi connectivity index (χ2n) is 6.98. The molecule has 1 aromatic carbocycles. The maximum atomic E-state index is 12.9. The zero-order chi connectivity index (χ0) is 17.3. The van der Waals surface area contributed by atoms with Crippen LogP contribution < -0.4 is 0 Å². The summed E-state index contributed by atoms with van der Waals surface area (Å²) >= 11 is 0. The Kier molecular flexibility index (Phi) is 4.00. The van der Waals surface area contributed by atoms with Gasteiger partial charge >= 0.3 is 0 Å². The summed E-state index contributed by atoms with van der Waals surface area (Å²) in [6, 6.07) is 12.5. The maximum absolute atomic E-state index is 12.9. The first-order valence-electron chi connectivity index (χ1n) is 8.84. The highest BCUT2D eigenvalue weighted by Gasteiger charge is 2.39. The second-order valence-corrected chi connectivity index (χ2v) is 6.98. The van der Waals surface area contributed by atoms with Gasteiger partial charge in [-0.2, -0.15) is 10.4 Å². The Morgan fingerprint density at radius 1 is 1.24 bits per heavy atom. The minimum atomic E-state index is -0.469. The third-order valence-electron chi connectivity index (χ3n) is 5.62. The number of rotatable bonds is 2.